The zero-order valence-corrected chi connectivity index (χ0v) is 15.1. The second kappa shape index (κ2) is 8.26. The molecule has 3 aromatic rings. The van der Waals surface area contributed by atoms with E-state index in [1.54, 1.807) is 0 Å². The zero-order chi connectivity index (χ0) is 18.4. The van der Waals surface area contributed by atoms with Gasteiger partial charge < -0.3 is 0 Å². The molecule has 130 valence electrons. The van der Waals surface area contributed by atoms with Crippen molar-refractivity contribution in [3.05, 3.63) is 95.6 Å². The molecule has 0 aliphatic carbocycles. The average molecular weight is 342 g/mol. The largest absolute Gasteiger partial charge is 0.271 e. The number of benzene rings is 3. The molecule has 0 heterocycles. The maximum Gasteiger partial charge on any atom is 0.271 e. The highest BCUT2D eigenvalue weighted by Gasteiger charge is 2.06. The van der Waals surface area contributed by atoms with Gasteiger partial charge in [-0.15, -0.1) is 0 Å². The number of hydrazone groups is 1. The number of hydrogen-bond acceptors (Lipinski definition) is 2. The molecule has 3 aromatic carbocycles. The molecule has 0 saturated heterocycles. The molecule has 0 saturated carbocycles. The Morgan fingerprint density at radius 3 is 2.00 bits per heavy atom. The maximum absolute atomic E-state index is 12.3. The summed E-state index contributed by atoms with van der Waals surface area (Å²) in [5.41, 5.74) is 8.49. The highest BCUT2D eigenvalue weighted by molar-refractivity contribution is 6.01. The summed E-state index contributed by atoms with van der Waals surface area (Å²) in [7, 11) is 0. The van der Waals surface area contributed by atoms with Gasteiger partial charge in [0.1, 0.15) is 0 Å². The van der Waals surface area contributed by atoms with E-state index < -0.39 is 0 Å². The fraction of sp³-hybridized carbons (Fsp3) is 0.130. The van der Waals surface area contributed by atoms with Crippen LogP contribution in [0.4, 0.5) is 0 Å². The van der Waals surface area contributed by atoms with Gasteiger partial charge in [0.2, 0.25) is 0 Å². The standard InChI is InChI=1S/C23H22N2O/c1-3-18-9-11-19(12-10-18)17(2)24-25-23(26)22-15-13-21(14-16-22)20-7-5-4-6-8-20/h4-16H,3H2,1-2H3,(H,25,26)/b24-17+. The normalized spacial score (nSPS) is 11.2. The van der Waals surface area contributed by atoms with Crippen LogP contribution >= 0.6 is 0 Å². The predicted molar refractivity (Wildman–Crippen MR) is 107 cm³/mol. The minimum absolute atomic E-state index is 0.214. The van der Waals surface area contributed by atoms with Crippen molar-refractivity contribution in [3.63, 3.8) is 0 Å². The third kappa shape index (κ3) is 4.25. The summed E-state index contributed by atoms with van der Waals surface area (Å²) in [6.07, 6.45) is 1.01. The van der Waals surface area contributed by atoms with Crippen LogP contribution in [-0.4, -0.2) is 11.6 Å². The van der Waals surface area contributed by atoms with Crippen LogP contribution in [-0.2, 0) is 6.42 Å². The first-order chi connectivity index (χ1) is 12.7. The Balaban J connectivity index is 1.67. The summed E-state index contributed by atoms with van der Waals surface area (Å²) in [6.45, 7) is 4.01. The van der Waals surface area contributed by atoms with E-state index >= 15 is 0 Å². The van der Waals surface area contributed by atoms with E-state index in [4.69, 9.17) is 0 Å². The molecule has 1 N–H and O–H groups in total. The Bertz CT molecular complexity index is 895. The topological polar surface area (TPSA) is 41.5 Å². The minimum Gasteiger partial charge on any atom is -0.267 e. The highest BCUT2D eigenvalue weighted by Crippen LogP contribution is 2.19. The molecule has 1 amide bonds. The number of carbonyl (C=O) groups excluding carboxylic acids is 1. The summed E-state index contributed by atoms with van der Waals surface area (Å²) in [5.74, 6) is -0.214. The quantitative estimate of drug-likeness (QED) is 0.510. The van der Waals surface area contributed by atoms with E-state index in [-0.39, 0.29) is 5.91 Å². The van der Waals surface area contributed by atoms with E-state index in [0.717, 1.165) is 28.8 Å². The van der Waals surface area contributed by atoms with E-state index in [2.05, 4.69) is 29.6 Å². The summed E-state index contributed by atoms with van der Waals surface area (Å²) in [5, 5.41) is 4.22. The summed E-state index contributed by atoms with van der Waals surface area (Å²) in [6, 6.07) is 25.8. The van der Waals surface area contributed by atoms with Crippen molar-refractivity contribution in [1.82, 2.24) is 5.43 Å². The SMILES string of the molecule is CCc1ccc(/C(C)=N/NC(=O)c2ccc(-c3ccccc3)cc2)cc1. The average Bonchev–Trinajstić information content (AvgIpc) is 2.72. The molecule has 0 fully saturated rings. The lowest BCUT2D eigenvalue weighted by atomic mass is 10.0. The van der Waals surface area contributed by atoms with Gasteiger partial charge in [0.25, 0.3) is 5.91 Å². The molecular formula is C23H22N2O. The van der Waals surface area contributed by atoms with Gasteiger partial charge in [0.15, 0.2) is 0 Å². The van der Waals surface area contributed by atoms with Gasteiger partial charge in [0, 0.05) is 5.56 Å². The third-order valence-electron chi connectivity index (χ3n) is 4.36. The molecule has 26 heavy (non-hydrogen) atoms. The number of carbonyl (C=O) groups is 1. The number of aryl methyl sites for hydroxylation is 1. The molecule has 0 spiro atoms. The van der Waals surface area contributed by atoms with Gasteiger partial charge in [-0.25, -0.2) is 5.43 Å². The molecule has 0 unspecified atom stereocenters. The predicted octanol–water partition coefficient (Wildman–Crippen LogP) is 5.07. The number of amides is 1. The smallest absolute Gasteiger partial charge is 0.267 e. The van der Waals surface area contributed by atoms with Gasteiger partial charge in [-0.3, -0.25) is 4.79 Å². The molecule has 3 nitrogen and oxygen atoms in total. The van der Waals surface area contributed by atoms with Gasteiger partial charge in [0.05, 0.1) is 5.71 Å². The van der Waals surface area contributed by atoms with Crippen molar-refractivity contribution in [2.24, 2.45) is 5.10 Å². The molecule has 3 heteroatoms. The van der Waals surface area contributed by atoms with Crippen LogP contribution in [0.5, 0.6) is 0 Å². The first kappa shape index (κ1) is 17.6. The van der Waals surface area contributed by atoms with Crippen LogP contribution in [0.15, 0.2) is 84.0 Å². The van der Waals surface area contributed by atoms with Crippen molar-refractivity contribution >= 4 is 11.6 Å². The monoisotopic (exact) mass is 342 g/mol. The number of rotatable bonds is 5. The minimum atomic E-state index is -0.214. The summed E-state index contributed by atoms with van der Waals surface area (Å²) >= 11 is 0. The Labute approximate surface area is 154 Å². The number of hydrogen-bond donors (Lipinski definition) is 1. The maximum atomic E-state index is 12.3. The first-order valence-electron chi connectivity index (χ1n) is 8.77. The van der Waals surface area contributed by atoms with Gasteiger partial charge in [-0.1, -0.05) is 73.7 Å². The van der Waals surface area contributed by atoms with E-state index in [0.29, 0.717) is 5.56 Å². The van der Waals surface area contributed by atoms with Crippen molar-refractivity contribution in [2.75, 3.05) is 0 Å². The van der Waals surface area contributed by atoms with Crippen molar-refractivity contribution in [3.8, 4) is 11.1 Å². The summed E-state index contributed by atoms with van der Waals surface area (Å²) < 4.78 is 0. The van der Waals surface area contributed by atoms with Crippen LogP contribution in [0.3, 0.4) is 0 Å². The van der Waals surface area contributed by atoms with Gasteiger partial charge in [-0.05, 0) is 47.7 Å². The lowest BCUT2D eigenvalue weighted by Gasteiger charge is -2.05. The molecule has 0 aliphatic rings. The van der Waals surface area contributed by atoms with Crippen molar-refractivity contribution < 1.29 is 4.79 Å². The molecule has 0 bridgehead atoms. The van der Waals surface area contributed by atoms with Crippen LogP contribution in [0, 0.1) is 0 Å². The van der Waals surface area contributed by atoms with Crippen LogP contribution in [0.25, 0.3) is 11.1 Å². The summed E-state index contributed by atoms with van der Waals surface area (Å²) in [4.78, 5) is 12.3. The van der Waals surface area contributed by atoms with Crippen molar-refractivity contribution in [1.29, 1.82) is 0 Å². The molecule has 0 atom stereocenters. The van der Waals surface area contributed by atoms with Crippen LogP contribution < -0.4 is 5.43 Å². The van der Waals surface area contributed by atoms with E-state index in [1.807, 2.05) is 73.7 Å². The lowest BCUT2D eigenvalue weighted by Crippen LogP contribution is -2.19. The fourth-order valence-corrected chi connectivity index (χ4v) is 2.69. The Morgan fingerprint density at radius 2 is 1.38 bits per heavy atom. The fourth-order valence-electron chi connectivity index (χ4n) is 2.69. The van der Waals surface area contributed by atoms with Gasteiger partial charge >= 0.3 is 0 Å². The molecule has 0 radical (unpaired) electrons. The van der Waals surface area contributed by atoms with Crippen LogP contribution in [0.2, 0.25) is 0 Å². The highest BCUT2D eigenvalue weighted by atomic mass is 16.2. The molecule has 0 aliphatic heterocycles. The second-order valence-electron chi connectivity index (χ2n) is 6.13. The molecule has 0 aromatic heterocycles. The van der Waals surface area contributed by atoms with Crippen molar-refractivity contribution in [2.45, 2.75) is 20.3 Å². The second-order valence-corrected chi connectivity index (χ2v) is 6.13. The van der Waals surface area contributed by atoms with Gasteiger partial charge in [-0.2, -0.15) is 5.10 Å². The first-order valence-corrected chi connectivity index (χ1v) is 8.77. The van der Waals surface area contributed by atoms with Crippen LogP contribution in [0.1, 0.15) is 35.3 Å². The Hall–Kier alpha value is -3.20. The molecular weight excluding hydrogens is 320 g/mol. The lowest BCUT2D eigenvalue weighted by molar-refractivity contribution is 0.0955. The zero-order valence-electron chi connectivity index (χ0n) is 15.1. The molecule has 3 rings (SSSR count). The third-order valence-corrected chi connectivity index (χ3v) is 4.36. The van der Waals surface area contributed by atoms with E-state index in [9.17, 15) is 4.79 Å². The number of nitrogens with zero attached hydrogens (tertiary/aromatic N) is 1. The number of nitrogens with one attached hydrogen (secondary N) is 1. The van der Waals surface area contributed by atoms with E-state index in [1.165, 1.54) is 5.56 Å². The Kier molecular flexibility index (Phi) is 5.59. The Morgan fingerprint density at radius 1 is 0.808 bits per heavy atom.